The first kappa shape index (κ1) is 13.6. The van der Waals surface area contributed by atoms with Gasteiger partial charge in [0.15, 0.2) is 11.5 Å². The molecule has 1 aliphatic heterocycles. The van der Waals surface area contributed by atoms with Gasteiger partial charge in [-0.05, 0) is 28.1 Å². The van der Waals surface area contributed by atoms with E-state index in [1.807, 2.05) is 0 Å². The molecule has 0 unspecified atom stereocenters. The zero-order chi connectivity index (χ0) is 11.5. The van der Waals surface area contributed by atoms with Gasteiger partial charge in [-0.1, -0.05) is 0 Å². The van der Waals surface area contributed by atoms with Crippen LogP contribution < -0.4 is 20.6 Å². The maximum atomic E-state index is 6.93. The van der Waals surface area contributed by atoms with Crippen molar-refractivity contribution in [1.29, 1.82) is 5.41 Å². The molecule has 0 atom stereocenters. The second-order valence-electron chi connectivity index (χ2n) is 3.01. The summed E-state index contributed by atoms with van der Waals surface area (Å²) in [4.78, 5) is 0. The third kappa shape index (κ3) is 3.24. The van der Waals surface area contributed by atoms with Crippen LogP contribution in [0.2, 0.25) is 0 Å². The van der Waals surface area contributed by atoms with Gasteiger partial charge in [0.25, 0.3) is 0 Å². The summed E-state index contributed by atoms with van der Waals surface area (Å²) in [5, 5.41) is 10.7. The van der Waals surface area contributed by atoms with E-state index in [1.54, 1.807) is 12.1 Å². The number of fused-ring (bicyclic) bond motifs is 1. The average molecular weight is 322 g/mol. The molecule has 17 heavy (non-hydrogen) atoms. The molecule has 0 saturated carbocycles. The molecule has 1 aromatic carbocycles. The van der Waals surface area contributed by atoms with Crippen molar-refractivity contribution in [3.05, 3.63) is 22.2 Å². The molecule has 2 rings (SSSR count). The molecule has 1 aliphatic rings. The van der Waals surface area contributed by atoms with Gasteiger partial charge in [-0.15, -0.1) is 12.4 Å². The van der Waals surface area contributed by atoms with Crippen molar-refractivity contribution in [3.63, 3.8) is 0 Å². The van der Waals surface area contributed by atoms with Crippen molar-refractivity contribution in [1.82, 2.24) is 5.43 Å². The van der Waals surface area contributed by atoms with E-state index in [-0.39, 0.29) is 25.2 Å². The van der Waals surface area contributed by atoms with Crippen LogP contribution in [0, 0.1) is 5.41 Å². The van der Waals surface area contributed by atoms with Gasteiger partial charge in [-0.2, -0.15) is 5.10 Å². The fourth-order valence-corrected chi connectivity index (χ4v) is 1.63. The first-order valence-corrected chi connectivity index (χ1v) is 5.18. The lowest BCUT2D eigenvalue weighted by atomic mass is 10.2. The van der Waals surface area contributed by atoms with Gasteiger partial charge >= 0.3 is 0 Å². The molecule has 1 aromatic rings. The van der Waals surface area contributed by atoms with Crippen LogP contribution in [0.25, 0.3) is 0 Å². The fraction of sp³-hybridized carbons (Fsp3) is 0.111. The minimum absolute atomic E-state index is 0. The molecule has 0 aromatic heterocycles. The summed E-state index contributed by atoms with van der Waals surface area (Å²) in [5.41, 5.74) is 8.22. The van der Waals surface area contributed by atoms with Crippen LogP contribution in [0.1, 0.15) is 5.56 Å². The molecule has 0 saturated heterocycles. The normalized spacial score (nSPS) is 12.3. The second-order valence-corrected chi connectivity index (χ2v) is 3.86. The number of nitrogens with zero attached hydrogens (tertiary/aromatic N) is 1. The van der Waals surface area contributed by atoms with Crippen molar-refractivity contribution < 1.29 is 9.47 Å². The summed E-state index contributed by atoms with van der Waals surface area (Å²) in [7, 11) is 0. The summed E-state index contributed by atoms with van der Waals surface area (Å²) in [5.74, 6) is 1.16. The maximum absolute atomic E-state index is 6.93. The Kier molecular flexibility index (Phi) is 4.59. The number of hydrogen-bond acceptors (Lipinski definition) is 4. The van der Waals surface area contributed by atoms with E-state index in [9.17, 15) is 0 Å². The van der Waals surface area contributed by atoms with E-state index in [2.05, 4.69) is 26.5 Å². The lowest BCUT2D eigenvalue weighted by Gasteiger charge is -2.01. The number of hydrogen-bond donors (Lipinski definition) is 3. The van der Waals surface area contributed by atoms with Gasteiger partial charge in [-0.25, -0.2) is 5.43 Å². The summed E-state index contributed by atoms with van der Waals surface area (Å²) in [6, 6.07) is 3.59. The van der Waals surface area contributed by atoms with Crippen molar-refractivity contribution in [3.8, 4) is 11.5 Å². The quantitative estimate of drug-likeness (QED) is 0.436. The van der Waals surface area contributed by atoms with Crippen molar-refractivity contribution in [2.45, 2.75) is 0 Å². The number of benzene rings is 1. The Morgan fingerprint density at radius 2 is 2.12 bits per heavy atom. The largest absolute Gasteiger partial charge is 0.454 e. The standard InChI is InChI=1S/C9H9BrN4O2.ClH/c10-6-2-8-7(15-4-16-8)1-5(6)3-13-14-9(11)12;/h1-3H,4H2,(H4,11,12,14);1H/b13-3+;. The van der Waals surface area contributed by atoms with Gasteiger partial charge in [0, 0.05) is 10.0 Å². The Labute approximate surface area is 112 Å². The monoisotopic (exact) mass is 320 g/mol. The highest BCUT2D eigenvalue weighted by Gasteiger charge is 2.15. The van der Waals surface area contributed by atoms with Gasteiger partial charge < -0.3 is 15.2 Å². The van der Waals surface area contributed by atoms with E-state index < -0.39 is 0 Å². The molecule has 6 nitrogen and oxygen atoms in total. The molecule has 92 valence electrons. The molecular weight excluding hydrogens is 311 g/mol. The van der Waals surface area contributed by atoms with Crippen LogP contribution in [-0.2, 0) is 0 Å². The maximum Gasteiger partial charge on any atom is 0.231 e. The molecule has 0 amide bonds. The van der Waals surface area contributed by atoms with Gasteiger partial charge in [0.1, 0.15) is 0 Å². The molecule has 0 fully saturated rings. The van der Waals surface area contributed by atoms with Crippen molar-refractivity contribution in [2.75, 3.05) is 6.79 Å². The van der Waals surface area contributed by atoms with Gasteiger partial charge in [0.2, 0.25) is 12.8 Å². The molecule has 1 heterocycles. The third-order valence-corrected chi connectivity index (χ3v) is 2.57. The first-order chi connectivity index (χ1) is 7.66. The zero-order valence-corrected chi connectivity index (χ0v) is 11.0. The number of rotatable bonds is 2. The Morgan fingerprint density at radius 1 is 1.47 bits per heavy atom. The highest BCUT2D eigenvalue weighted by atomic mass is 79.9. The number of nitrogens with one attached hydrogen (secondary N) is 2. The van der Waals surface area contributed by atoms with Crippen LogP contribution in [0.15, 0.2) is 21.7 Å². The highest BCUT2D eigenvalue weighted by molar-refractivity contribution is 9.10. The SMILES string of the molecule is Cl.N=C(N)N/N=C/c1cc2c(cc1Br)OCO2. The van der Waals surface area contributed by atoms with E-state index in [4.69, 9.17) is 20.6 Å². The smallest absolute Gasteiger partial charge is 0.231 e. The first-order valence-electron chi connectivity index (χ1n) is 4.39. The van der Waals surface area contributed by atoms with E-state index in [0.717, 1.165) is 10.0 Å². The van der Waals surface area contributed by atoms with Crippen molar-refractivity contribution >= 4 is 40.5 Å². The van der Waals surface area contributed by atoms with E-state index in [0.29, 0.717) is 11.5 Å². The van der Waals surface area contributed by atoms with Gasteiger partial charge in [0.05, 0.1) is 6.21 Å². The van der Waals surface area contributed by atoms with Gasteiger partial charge in [-0.3, -0.25) is 5.41 Å². The molecule has 8 heteroatoms. The fourth-order valence-electron chi connectivity index (χ4n) is 1.20. The second kappa shape index (κ2) is 5.74. The molecule has 4 N–H and O–H groups in total. The summed E-state index contributed by atoms with van der Waals surface area (Å²) >= 11 is 3.38. The minimum atomic E-state index is -0.215. The Morgan fingerprint density at radius 3 is 2.76 bits per heavy atom. The number of guanidine groups is 1. The zero-order valence-electron chi connectivity index (χ0n) is 8.57. The summed E-state index contributed by atoms with van der Waals surface area (Å²) in [6.07, 6.45) is 1.54. The van der Waals surface area contributed by atoms with Crippen LogP contribution >= 0.6 is 28.3 Å². The van der Waals surface area contributed by atoms with Crippen LogP contribution in [0.5, 0.6) is 11.5 Å². The minimum Gasteiger partial charge on any atom is -0.454 e. The number of nitrogens with two attached hydrogens (primary N) is 1. The highest BCUT2D eigenvalue weighted by Crippen LogP contribution is 2.36. The molecule has 0 radical (unpaired) electrons. The third-order valence-electron chi connectivity index (χ3n) is 1.88. The predicted octanol–water partition coefficient (Wildman–Crippen LogP) is 1.42. The van der Waals surface area contributed by atoms with Crippen molar-refractivity contribution in [2.24, 2.45) is 10.8 Å². The van der Waals surface area contributed by atoms with E-state index in [1.165, 1.54) is 6.21 Å². The van der Waals surface area contributed by atoms with Crippen LogP contribution in [0.4, 0.5) is 0 Å². The Hall–Kier alpha value is -1.47. The summed E-state index contributed by atoms with van der Waals surface area (Å²) in [6.45, 7) is 0.230. The van der Waals surface area contributed by atoms with E-state index >= 15 is 0 Å². The molecule has 0 aliphatic carbocycles. The number of hydrazone groups is 1. The van der Waals surface area contributed by atoms with Crippen LogP contribution in [0.3, 0.4) is 0 Å². The predicted molar refractivity (Wildman–Crippen MR) is 70.2 cm³/mol. The average Bonchev–Trinajstić information content (AvgIpc) is 2.64. The number of ether oxygens (including phenoxy) is 2. The number of halogens is 2. The Bertz CT molecular complexity index is 467. The molecule has 0 spiro atoms. The van der Waals surface area contributed by atoms with Crippen LogP contribution in [-0.4, -0.2) is 19.0 Å². The molecule has 0 bridgehead atoms. The Balaban J connectivity index is 0.00000144. The lowest BCUT2D eigenvalue weighted by molar-refractivity contribution is 0.174. The summed E-state index contributed by atoms with van der Waals surface area (Å²) < 4.78 is 11.3. The topological polar surface area (TPSA) is 92.7 Å². The lowest BCUT2D eigenvalue weighted by Crippen LogP contribution is -2.25. The molecular formula is C9H10BrClN4O2.